The fourth-order valence-electron chi connectivity index (χ4n) is 1.51. The average molecular weight is 292 g/mol. The van der Waals surface area contributed by atoms with Crippen LogP contribution < -0.4 is 10.6 Å². The summed E-state index contributed by atoms with van der Waals surface area (Å²) in [5.41, 5.74) is 0.339. The molecule has 104 valence electrons. The summed E-state index contributed by atoms with van der Waals surface area (Å²) in [5.74, 6) is 0.631. The number of nitrogens with zero attached hydrogens (tertiary/aromatic N) is 3. The van der Waals surface area contributed by atoms with E-state index in [9.17, 15) is 4.79 Å². The van der Waals surface area contributed by atoms with Gasteiger partial charge in [-0.2, -0.15) is 0 Å². The third-order valence-electron chi connectivity index (χ3n) is 2.46. The molecule has 7 heteroatoms. The topological polar surface area (TPSA) is 79.8 Å². The van der Waals surface area contributed by atoms with E-state index in [4.69, 9.17) is 11.6 Å². The van der Waals surface area contributed by atoms with Crippen molar-refractivity contribution >= 4 is 29.1 Å². The molecule has 2 heterocycles. The number of carbonyl (C=O) groups excluding carboxylic acids is 1. The molecule has 0 aromatic carbocycles. The Morgan fingerprint density at radius 1 is 1.25 bits per heavy atom. The van der Waals surface area contributed by atoms with Crippen LogP contribution >= 0.6 is 11.6 Å². The minimum absolute atomic E-state index is 0.286. The van der Waals surface area contributed by atoms with Crippen molar-refractivity contribution in [1.82, 2.24) is 15.0 Å². The van der Waals surface area contributed by atoms with E-state index in [1.54, 1.807) is 6.07 Å². The van der Waals surface area contributed by atoms with Gasteiger partial charge in [-0.1, -0.05) is 18.5 Å². The van der Waals surface area contributed by atoms with Crippen molar-refractivity contribution in [2.75, 3.05) is 17.2 Å². The molecule has 0 saturated heterocycles. The van der Waals surface area contributed by atoms with Crippen molar-refractivity contribution in [2.45, 2.75) is 13.3 Å². The summed E-state index contributed by atoms with van der Waals surface area (Å²) in [6, 6.07) is 1.61. The van der Waals surface area contributed by atoms with Crippen molar-refractivity contribution < 1.29 is 4.79 Å². The third kappa shape index (κ3) is 3.64. The Kier molecular flexibility index (Phi) is 4.84. The molecule has 2 rings (SSSR count). The van der Waals surface area contributed by atoms with E-state index in [1.807, 2.05) is 6.92 Å². The summed E-state index contributed by atoms with van der Waals surface area (Å²) >= 11 is 6.00. The molecular weight excluding hydrogens is 278 g/mol. The zero-order valence-corrected chi connectivity index (χ0v) is 11.7. The van der Waals surface area contributed by atoms with Gasteiger partial charge in [0.1, 0.15) is 5.82 Å². The molecule has 0 bridgehead atoms. The van der Waals surface area contributed by atoms with Crippen LogP contribution in [0.3, 0.4) is 0 Å². The van der Waals surface area contributed by atoms with Gasteiger partial charge in [0.05, 0.1) is 16.8 Å². The maximum Gasteiger partial charge on any atom is 0.258 e. The van der Waals surface area contributed by atoms with Crippen molar-refractivity contribution in [1.29, 1.82) is 0 Å². The van der Waals surface area contributed by atoms with Crippen molar-refractivity contribution in [3.8, 4) is 0 Å². The normalized spacial score (nSPS) is 10.1. The molecule has 0 fully saturated rings. The van der Waals surface area contributed by atoms with Crippen LogP contribution in [0.4, 0.5) is 11.6 Å². The van der Waals surface area contributed by atoms with E-state index in [0.717, 1.165) is 13.0 Å². The Morgan fingerprint density at radius 3 is 2.80 bits per heavy atom. The molecule has 0 aliphatic rings. The average Bonchev–Trinajstić information content (AvgIpc) is 2.47. The minimum Gasteiger partial charge on any atom is -0.370 e. The van der Waals surface area contributed by atoms with Crippen LogP contribution in [0.5, 0.6) is 0 Å². The molecule has 1 amide bonds. The molecule has 0 unspecified atom stereocenters. The van der Waals surface area contributed by atoms with Gasteiger partial charge in [-0.25, -0.2) is 9.97 Å². The monoisotopic (exact) mass is 291 g/mol. The number of nitrogens with one attached hydrogen (secondary N) is 2. The van der Waals surface area contributed by atoms with Crippen molar-refractivity contribution in [3.05, 3.63) is 41.4 Å². The summed E-state index contributed by atoms with van der Waals surface area (Å²) in [7, 11) is 0. The van der Waals surface area contributed by atoms with Crippen LogP contribution in [0.15, 0.2) is 30.9 Å². The molecule has 0 spiro atoms. The Labute approximate surface area is 121 Å². The first-order valence-electron chi connectivity index (χ1n) is 6.17. The van der Waals surface area contributed by atoms with E-state index in [1.165, 1.54) is 24.8 Å². The largest absolute Gasteiger partial charge is 0.370 e. The molecular formula is C13H14ClN5O. The molecule has 6 nitrogen and oxygen atoms in total. The summed E-state index contributed by atoms with van der Waals surface area (Å²) in [6.07, 6.45) is 6.90. The van der Waals surface area contributed by atoms with Crippen molar-refractivity contribution in [3.63, 3.8) is 0 Å². The zero-order valence-electron chi connectivity index (χ0n) is 10.9. The standard InChI is InChI=1S/C13H14ClN5O/c1-2-3-16-11-6-9(10(14)7-18-11)13(20)19-12-8-15-4-5-17-12/h4-8H,2-3H2,1H3,(H,16,18)(H,17,19,20). The fourth-order valence-corrected chi connectivity index (χ4v) is 1.70. The quantitative estimate of drug-likeness (QED) is 0.885. The summed E-state index contributed by atoms with van der Waals surface area (Å²) in [6.45, 7) is 2.82. The maximum atomic E-state index is 12.1. The maximum absolute atomic E-state index is 12.1. The highest BCUT2D eigenvalue weighted by Gasteiger charge is 2.12. The smallest absolute Gasteiger partial charge is 0.258 e. The number of halogens is 1. The van der Waals surface area contributed by atoms with E-state index < -0.39 is 0 Å². The van der Waals surface area contributed by atoms with Crippen LogP contribution in [-0.4, -0.2) is 27.4 Å². The SMILES string of the molecule is CCCNc1cc(C(=O)Nc2cnccn2)c(Cl)cn1. The molecule has 0 radical (unpaired) electrons. The number of amides is 1. The predicted molar refractivity (Wildman–Crippen MR) is 78.0 cm³/mol. The first-order valence-corrected chi connectivity index (χ1v) is 6.55. The van der Waals surface area contributed by atoms with E-state index in [0.29, 0.717) is 17.2 Å². The lowest BCUT2D eigenvalue weighted by molar-refractivity contribution is 0.102. The molecule has 2 aromatic rings. The van der Waals surface area contributed by atoms with Gasteiger partial charge in [-0.15, -0.1) is 0 Å². The van der Waals surface area contributed by atoms with Gasteiger partial charge in [0, 0.05) is 25.1 Å². The molecule has 0 aliphatic heterocycles. The molecule has 0 atom stereocenters. The number of hydrogen-bond acceptors (Lipinski definition) is 5. The van der Waals surface area contributed by atoms with Crippen LogP contribution in [0, 0.1) is 0 Å². The highest BCUT2D eigenvalue weighted by atomic mass is 35.5. The lowest BCUT2D eigenvalue weighted by atomic mass is 10.2. The number of pyridine rings is 1. The first kappa shape index (κ1) is 14.2. The highest BCUT2D eigenvalue weighted by molar-refractivity contribution is 6.34. The summed E-state index contributed by atoms with van der Waals surface area (Å²) in [5, 5.41) is 6.02. The third-order valence-corrected chi connectivity index (χ3v) is 2.76. The van der Waals surface area contributed by atoms with Gasteiger partial charge in [0.15, 0.2) is 5.82 Å². The lowest BCUT2D eigenvalue weighted by Crippen LogP contribution is -2.14. The van der Waals surface area contributed by atoms with Gasteiger partial charge in [-0.05, 0) is 12.5 Å². The second kappa shape index (κ2) is 6.81. The Morgan fingerprint density at radius 2 is 2.10 bits per heavy atom. The van der Waals surface area contributed by atoms with Gasteiger partial charge >= 0.3 is 0 Å². The Balaban J connectivity index is 2.16. The van der Waals surface area contributed by atoms with Crippen LogP contribution in [0.2, 0.25) is 5.02 Å². The van der Waals surface area contributed by atoms with E-state index in [2.05, 4.69) is 25.6 Å². The van der Waals surface area contributed by atoms with Gasteiger partial charge in [-0.3, -0.25) is 9.78 Å². The van der Waals surface area contributed by atoms with E-state index >= 15 is 0 Å². The summed E-state index contributed by atoms with van der Waals surface area (Å²) < 4.78 is 0. The molecule has 2 N–H and O–H groups in total. The number of anilines is 2. The minimum atomic E-state index is -0.350. The molecule has 20 heavy (non-hydrogen) atoms. The van der Waals surface area contributed by atoms with Crippen molar-refractivity contribution in [2.24, 2.45) is 0 Å². The fraction of sp³-hybridized carbons (Fsp3) is 0.231. The van der Waals surface area contributed by atoms with E-state index in [-0.39, 0.29) is 10.9 Å². The van der Waals surface area contributed by atoms with Crippen LogP contribution in [-0.2, 0) is 0 Å². The first-order chi connectivity index (χ1) is 9.70. The molecule has 0 saturated carbocycles. The molecule has 0 aliphatic carbocycles. The van der Waals surface area contributed by atoms with Crippen LogP contribution in [0.1, 0.15) is 23.7 Å². The van der Waals surface area contributed by atoms with Gasteiger partial charge in [0.2, 0.25) is 0 Å². The molecule has 2 aromatic heterocycles. The second-order valence-corrected chi connectivity index (χ2v) is 4.43. The number of carbonyl (C=O) groups is 1. The predicted octanol–water partition coefficient (Wildman–Crippen LogP) is 2.60. The zero-order chi connectivity index (χ0) is 14.4. The van der Waals surface area contributed by atoms with Gasteiger partial charge < -0.3 is 10.6 Å². The number of hydrogen-bond donors (Lipinski definition) is 2. The van der Waals surface area contributed by atoms with Crippen LogP contribution in [0.25, 0.3) is 0 Å². The Bertz CT molecular complexity index is 591. The lowest BCUT2D eigenvalue weighted by Gasteiger charge is -2.08. The highest BCUT2D eigenvalue weighted by Crippen LogP contribution is 2.19. The number of rotatable bonds is 5. The van der Waals surface area contributed by atoms with Gasteiger partial charge in [0.25, 0.3) is 5.91 Å². The Hall–Kier alpha value is -2.21. The second-order valence-electron chi connectivity index (χ2n) is 4.02. The summed E-state index contributed by atoms with van der Waals surface area (Å²) in [4.78, 5) is 24.1. The number of aromatic nitrogens is 3.